The minimum atomic E-state index is -0.994. The molecule has 0 aliphatic heterocycles. The van der Waals surface area contributed by atoms with E-state index < -0.39 is 11.9 Å². The van der Waals surface area contributed by atoms with Gasteiger partial charge in [0.1, 0.15) is 29.8 Å². The van der Waals surface area contributed by atoms with Crippen molar-refractivity contribution < 1.29 is 23.5 Å². The number of hydrogen-bond donors (Lipinski definition) is 1. The summed E-state index contributed by atoms with van der Waals surface area (Å²) in [6.45, 7) is 1.55. The van der Waals surface area contributed by atoms with E-state index in [1.54, 1.807) is 61.7 Å². The third kappa shape index (κ3) is 5.83. The topological polar surface area (TPSA) is 125 Å². The molecular formula is C29H32N6O5. The predicted molar refractivity (Wildman–Crippen MR) is 147 cm³/mol. The van der Waals surface area contributed by atoms with Crippen molar-refractivity contribution in [2.24, 2.45) is 0 Å². The van der Waals surface area contributed by atoms with Gasteiger partial charge in [0.05, 0.1) is 19.9 Å². The van der Waals surface area contributed by atoms with Gasteiger partial charge in [-0.3, -0.25) is 14.5 Å². The van der Waals surface area contributed by atoms with Crippen molar-refractivity contribution in [2.75, 3.05) is 19.1 Å². The van der Waals surface area contributed by atoms with Crippen LogP contribution in [0.25, 0.3) is 11.6 Å². The normalized spacial score (nSPS) is 14.1. The Morgan fingerprint density at radius 3 is 2.48 bits per heavy atom. The monoisotopic (exact) mass is 544 g/mol. The molecule has 4 aromatic rings. The number of carbonyl (C=O) groups is 2. The lowest BCUT2D eigenvalue weighted by Gasteiger charge is -2.33. The molecule has 0 bridgehead atoms. The molecule has 1 fully saturated rings. The number of nitrogens with zero attached hydrogens (tertiary/aromatic N) is 5. The standard InChI is InChI=1S/C29H32N6O5/c1-19-12-17-25(40-19)28-31-33-34(32-28)18-26(36)35(23-10-6-7-11-24(23)39-3)27(20-13-15-22(38-2)16-14-20)29(37)30-21-8-4-5-9-21/h6-7,10-17,21,27H,4-5,8-9,18H2,1-3H3,(H,30,37)/t27-/m0/s1. The molecule has 11 nitrogen and oxygen atoms in total. The Bertz CT molecular complexity index is 1460. The Labute approximate surface area is 232 Å². The van der Waals surface area contributed by atoms with Gasteiger partial charge in [-0.1, -0.05) is 37.1 Å². The Balaban J connectivity index is 1.54. The van der Waals surface area contributed by atoms with Crippen molar-refractivity contribution in [2.45, 2.75) is 51.2 Å². The summed E-state index contributed by atoms with van der Waals surface area (Å²) in [6, 6.07) is 16.8. The first-order chi connectivity index (χ1) is 19.5. The molecule has 0 unspecified atom stereocenters. The number of aromatic nitrogens is 4. The number of anilines is 1. The highest BCUT2D eigenvalue weighted by Gasteiger charge is 2.36. The second kappa shape index (κ2) is 12.0. The van der Waals surface area contributed by atoms with Crippen molar-refractivity contribution in [1.29, 1.82) is 0 Å². The Hall–Kier alpha value is -4.67. The van der Waals surface area contributed by atoms with Crippen LogP contribution in [0.15, 0.2) is 65.1 Å². The minimum Gasteiger partial charge on any atom is -0.497 e. The van der Waals surface area contributed by atoms with Gasteiger partial charge in [-0.2, -0.15) is 4.80 Å². The first-order valence-electron chi connectivity index (χ1n) is 13.2. The fourth-order valence-electron chi connectivity index (χ4n) is 4.96. The highest BCUT2D eigenvalue weighted by atomic mass is 16.5. The smallest absolute Gasteiger partial charge is 0.251 e. The van der Waals surface area contributed by atoms with Gasteiger partial charge in [-0.15, -0.1) is 10.2 Å². The number of aryl methyl sites for hydroxylation is 1. The summed E-state index contributed by atoms with van der Waals surface area (Å²) < 4.78 is 16.5. The van der Waals surface area contributed by atoms with Gasteiger partial charge in [0.15, 0.2) is 5.76 Å². The van der Waals surface area contributed by atoms with E-state index in [9.17, 15) is 9.59 Å². The minimum absolute atomic E-state index is 0.0548. The molecule has 0 saturated heterocycles. The zero-order chi connectivity index (χ0) is 28.1. The average Bonchev–Trinajstić information content (AvgIpc) is 3.75. The number of methoxy groups -OCH3 is 2. The van der Waals surface area contributed by atoms with Gasteiger partial charge < -0.3 is 19.2 Å². The van der Waals surface area contributed by atoms with Crippen molar-refractivity contribution in [3.8, 4) is 23.1 Å². The van der Waals surface area contributed by atoms with Crippen LogP contribution in [-0.4, -0.2) is 52.3 Å². The lowest BCUT2D eigenvalue weighted by molar-refractivity contribution is -0.127. The predicted octanol–water partition coefficient (Wildman–Crippen LogP) is 4.09. The molecule has 0 spiro atoms. The summed E-state index contributed by atoms with van der Waals surface area (Å²) in [4.78, 5) is 30.7. The molecule has 2 amide bonds. The number of furan rings is 1. The molecule has 1 N–H and O–H groups in total. The summed E-state index contributed by atoms with van der Waals surface area (Å²) in [5, 5.41) is 15.6. The number of amides is 2. The number of hydrogen-bond acceptors (Lipinski definition) is 8. The Kier molecular flexibility index (Phi) is 8.09. The Morgan fingerprint density at radius 2 is 1.80 bits per heavy atom. The third-order valence-corrected chi connectivity index (χ3v) is 6.94. The largest absolute Gasteiger partial charge is 0.497 e. The van der Waals surface area contributed by atoms with Crippen LogP contribution in [-0.2, 0) is 16.1 Å². The zero-order valence-electron chi connectivity index (χ0n) is 22.7. The molecule has 2 aromatic carbocycles. The SMILES string of the molecule is COc1ccc([C@@H](C(=O)NC2CCCC2)N(C(=O)Cn2nnc(-c3ccc(C)o3)n2)c2ccccc2OC)cc1. The maximum atomic E-state index is 14.1. The fraction of sp³-hybridized carbons (Fsp3) is 0.345. The number of para-hydroxylation sites is 2. The first kappa shape index (κ1) is 26.9. The van der Waals surface area contributed by atoms with Crippen molar-refractivity contribution >= 4 is 17.5 Å². The molecular weight excluding hydrogens is 512 g/mol. The maximum Gasteiger partial charge on any atom is 0.251 e. The van der Waals surface area contributed by atoms with E-state index >= 15 is 0 Å². The summed E-state index contributed by atoms with van der Waals surface area (Å²) in [5.74, 6) is 1.80. The molecule has 1 saturated carbocycles. The van der Waals surface area contributed by atoms with E-state index in [2.05, 4.69) is 20.7 Å². The second-order valence-corrected chi connectivity index (χ2v) is 9.66. The van der Waals surface area contributed by atoms with Crippen LogP contribution in [0, 0.1) is 6.92 Å². The van der Waals surface area contributed by atoms with Gasteiger partial charge in [0.25, 0.3) is 5.91 Å². The van der Waals surface area contributed by atoms with Gasteiger partial charge in [-0.05, 0) is 66.9 Å². The molecule has 2 aromatic heterocycles. The number of rotatable bonds is 10. The molecule has 40 heavy (non-hydrogen) atoms. The third-order valence-electron chi connectivity index (χ3n) is 6.94. The van der Waals surface area contributed by atoms with E-state index in [0.29, 0.717) is 34.3 Å². The van der Waals surface area contributed by atoms with Crippen LogP contribution in [0.3, 0.4) is 0 Å². The molecule has 11 heteroatoms. The van der Waals surface area contributed by atoms with Gasteiger partial charge in [0, 0.05) is 6.04 Å². The van der Waals surface area contributed by atoms with Crippen molar-refractivity contribution in [3.05, 3.63) is 72.0 Å². The lowest BCUT2D eigenvalue weighted by atomic mass is 10.0. The van der Waals surface area contributed by atoms with Crippen molar-refractivity contribution in [3.63, 3.8) is 0 Å². The molecule has 208 valence electrons. The summed E-state index contributed by atoms with van der Waals surface area (Å²) >= 11 is 0. The highest BCUT2D eigenvalue weighted by molar-refractivity contribution is 6.02. The zero-order valence-corrected chi connectivity index (χ0v) is 22.7. The molecule has 1 atom stereocenters. The highest BCUT2D eigenvalue weighted by Crippen LogP contribution is 2.36. The lowest BCUT2D eigenvalue weighted by Crippen LogP contribution is -2.47. The van der Waals surface area contributed by atoms with Gasteiger partial charge in [-0.25, -0.2) is 0 Å². The van der Waals surface area contributed by atoms with E-state index in [1.165, 1.54) is 16.8 Å². The number of ether oxygens (including phenoxy) is 2. The maximum absolute atomic E-state index is 14.1. The second-order valence-electron chi connectivity index (χ2n) is 9.66. The van der Waals surface area contributed by atoms with Gasteiger partial charge in [0.2, 0.25) is 11.7 Å². The van der Waals surface area contributed by atoms with E-state index in [0.717, 1.165) is 25.7 Å². The average molecular weight is 545 g/mol. The van der Waals surface area contributed by atoms with E-state index in [-0.39, 0.29) is 24.3 Å². The van der Waals surface area contributed by atoms with Gasteiger partial charge >= 0.3 is 0 Å². The molecule has 0 radical (unpaired) electrons. The van der Waals surface area contributed by atoms with Crippen molar-refractivity contribution in [1.82, 2.24) is 25.5 Å². The van der Waals surface area contributed by atoms with Crippen LogP contribution < -0.4 is 19.7 Å². The van der Waals surface area contributed by atoms with E-state index in [4.69, 9.17) is 13.9 Å². The first-order valence-corrected chi connectivity index (χ1v) is 13.2. The molecule has 5 rings (SSSR count). The molecule has 1 aliphatic rings. The van der Waals surface area contributed by atoms with Crippen LogP contribution in [0.1, 0.15) is 43.0 Å². The van der Waals surface area contributed by atoms with Crippen LogP contribution >= 0.6 is 0 Å². The number of carbonyl (C=O) groups excluding carboxylic acids is 2. The fourth-order valence-corrected chi connectivity index (χ4v) is 4.96. The van der Waals surface area contributed by atoms with Crippen LogP contribution in [0.5, 0.6) is 11.5 Å². The summed E-state index contributed by atoms with van der Waals surface area (Å²) in [7, 11) is 3.10. The molecule has 1 aliphatic carbocycles. The van der Waals surface area contributed by atoms with E-state index in [1.807, 2.05) is 13.0 Å². The quantitative estimate of drug-likeness (QED) is 0.317. The number of nitrogens with one attached hydrogen (secondary N) is 1. The summed E-state index contributed by atoms with van der Waals surface area (Å²) in [5.41, 5.74) is 1.06. The van der Waals surface area contributed by atoms with Crippen LogP contribution in [0.2, 0.25) is 0 Å². The number of tetrazole rings is 1. The summed E-state index contributed by atoms with van der Waals surface area (Å²) in [6.07, 6.45) is 3.93. The van der Waals surface area contributed by atoms with Crippen LogP contribution in [0.4, 0.5) is 5.69 Å². The molecule has 2 heterocycles. The Morgan fingerprint density at radius 1 is 1.05 bits per heavy atom. The number of benzene rings is 2.